The number of carbonyl (C=O) groups excluding carboxylic acids is 2. The minimum absolute atomic E-state index is 0.0325. The summed E-state index contributed by atoms with van der Waals surface area (Å²) in [6, 6.07) is -0.182. The fourth-order valence-electron chi connectivity index (χ4n) is 4.85. The van der Waals surface area contributed by atoms with E-state index in [1.807, 2.05) is 32.2 Å². The van der Waals surface area contributed by atoms with Crippen molar-refractivity contribution in [3.63, 3.8) is 0 Å². The Morgan fingerprint density at radius 1 is 1.23 bits per heavy atom. The lowest BCUT2D eigenvalue weighted by Crippen LogP contribution is -2.47. The molecule has 0 spiro atoms. The van der Waals surface area contributed by atoms with Crippen LogP contribution >= 0.6 is 11.3 Å². The van der Waals surface area contributed by atoms with Crippen LogP contribution in [0.3, 0.4) is 0 Å². The average molecular weight is 505 g/mol. The molecule has 1 aliphatic rings. The molecule has 0 bridgehead atoms. The summed E-state index contributed by atoms with van der Waals surface area (Å²) >= 11 is 1.59. The van der Waals surface area contributed by atoms with Crippen molar-refractivity contribution < 1.29 is 19.8 Å². The number of thiazole rings is 1. The molecule has 0 radical (unpaired) electrons. The molecule has 7 heteroatoms. The first-order valence-corrected chi connectivity index (χ1v) is 13.6. The van der Waals surface area contributed by atoms with E-state index in [2.05, 4.69) is 18.0 Å². The highest BCUT2D eigenvalue weighted by atomic mass is 32.1. The second-order valence-corrected chi connectivity index (χ2v) is 12.0. The lowest BCUT2D eigenvalue weighted by Gasteiger charge is -2.36. The van der Waals surface area contributed by atoms with Crippen LogP contribution in [0.5, 0.6) is 0 Å². The molecule has 1 aromatic rings. The Morgan fingerprint density at radius 2 is 1.89 bits per heavy atom. The molecule has 35 heavy (non-hydrogen) atoms. The zero-order valence-electron chi connectivity index (χ0n) is 22.7. The summed E-state index contributed by atoms with van der Waals surface area (Å²) in [6.07, 6.45) is 5.43. The van der Waals surface area contributed by atoms with Crippen LogP contribution in [0, 0.1) is 24.2 Å². The Morgan fingerprint density at radius 3 is 2.49 bits per heavy atom. The zero-order valence-corrected chi connectivity index (χ0v) is 23.5. The molecule has 1 amide bonds. The molecule has 1 aromatic heterocycles. The molecule has 2 heterocycles. The molecular weight excluding hydrogens is 460 g/mol. The third-order valence-corrected chi connectivity index (χ3v) is 8.46. The van der Waals surface area contributed by atoms with Crippen molar-refractivity contribution >= 4 is 29.1 Å². The third-order valence-electron chi connectivity index (χ3n) is 7.66. The van der Waals surface area contributed by atoms with Crippen LogP contribution in [0.2, 0.25) is 0 Å². The van der Waals surface area contributed by atoms with Gasteiger partial charge in [0.15, 0.2) is 0 Å². The van der Waals surface area contributed by atoms with Crippen LogP contribution in [0.4, 0.5) is 0 Å². The van der Waals surface area contributed by atoms with Gasteiger partial charge in [-0.15, -0.1) is 11.3 Å². The summed E-state index contributed by atoms with van der Waals surface area (Å²) < 4.78 is 0. The van der Waals surface area contributed by atoms with Gasteiger partial charge in [0.1, 0.15) is 5.78 Å². The number of hydrogen-bond acceptors (Lipinski definition) is 6. The summed E-state index contributed by atoms with van der Waals surface area (Å²) in [5.41, 5.74) is 1.99. The first kappa shape index (κ1) is 29.4. The molecule has 2 N–H and O–H groups in total. The number of ketones is 1. The van der Waals surface area contributed by atoms with E-state index in [-0.39, 0.29) is 30.1 Å². The third kappa shape index (κ3) is 7.58. The topological polar surface area (TPSA) is 90.7 Å². The van der Waals surface area contributed by atoms with E-state index in [4.69, 9.17) is 0 Å². The van der Waals surface area contributed by atoms with E-state index >= 15 is 0 Å². The van der Waals surface area contributed by atoms with E-state index in [9.17, 15) is 19.8 Å². The predicted octanol–water partition coefficient (Wildman–Crippen LogP) is 5.18. The number of amides is 1. The van der Waals surface area contributed by atoms with Crippen molar-refractivity contribution in [3.05, 3.63) is 33.3 Å². The average Bonchev–Trinajstić information content (AvgIpc) is 3.20. The Hall–Kier alpha value is -1.83. The molecule has 0 aliphatic carbocycles. The van der Waals surface area contributed by atoms with Gasteiger partial charge in [0.25, 0.3) is 0 Å². The number of aromatic nitrogens is 1. The van der Waals surface area contributed by atoms with Crippen LogP contribution in [-0.4, -0.2) is 57.1 Å². The minimum Gasteiger partial charge on any atom is -0.392 e. The van der Waals surface area contributed by atoms with Crippen LogP contribution in [0.1, 0.15) is 84.3 Å². The molecular formula is C28H44N2O4S. The quantitative estimate of drug-likeness (QED) is 0.542. The smallest absolute Gasteiger partial charge is 0.225 e. The van der Waals surface area contributed by atoms with Gasteiger partial charge < -0.3 is 15.1 Å². The van der Waals surface area contributed by atoms with Crippen LogP contribution in [0.15, 0.2) is 22.6 Å². The van der Waals surface area contributed by atoms with Gasteiger partial charge in [-0.25, -0.2) is 4.98 Å². The Kier molecular flexibility index (Phi) is 10.4. The van der Waals surface area contributed by atoms with E-state index in [1.165, 1.54) is 5.57 Å². The number of likely N-dealkylation sites (N-methyl/N-ethyl adjacent to an activating group) is 1. The van der Waals surface area contributed by atoms with Crippen molar-refractivity contribution in [2.75, 3.05) is 7.05 Å². The zero-order chi connectivity index (χ0) is 26.5. The monoisotopic (exact) mass is 504 g/mol. The number of rotatable bonds is 2. The Balaban J connectivity index is 2.41. The number of nitrogens with zero attached hydrogens (tertiary/aromatic N) is 2. The number of aliphatic hydroxyl groups is 2. The molecule has 0 saturated carbocycles. The number of allylic oxidation sites excluding steroid dienone is 1. The van der Waals surface area contributed by atoms with Crippen molar-refractivity contribution in [2.24, 2.45) is 17.3 Å². The van der Waals surface area contributed by atoms with Gasteiger partial charge in [0.05, 0.1) is 40.8 Å². The number of Topliss-reactive ketones (excluding diaryl/α,β-unsaturated/α-hetero) is 1. The van der Waals surface area contributed by atoms with Gasteiger partial charge in [-0.2, -0.15) is 0 Å². The molecule has 6 nitrogen and oxygen atoms in total. The highest BCUT2D eigenvalue weighted by Crippen LogP contribution is 2.32. The summed E-state index contributed by atoms with van der Waals surface area (Å²) in [6.45, 7) is 13.1. The second kappa shape index (κ2) is 12.4. The van der Waals surface area contributed by atoms with Gasteiger partial charge in [-0.1, -0.05) is 39.3 Å². The standard InChI is InChI=1S/C28H44N2O4S/c1-17-10-9-11-18(2)26(33)20(4)27(34)28(6,7)24(31)15-25(32)30(8)23(13-12-17)19(3)14-22-16-35-21(5)29-22/h12,14,16,18,20,23-24,26,31,33H,9-11,13,15H2,1-8H3/t18-,20+,23?,24+,26-/m1/s1. The first-order valence-electron chi connectivity index (χ1n) is 12.7. The van der Waals surface area contributed by atoms with Gasteiger partial charge >= 0.3 is 0 Å². The fraction of sp³-hybridized carbons (Fsp3) is 0.679. The summed E-state index contributed by atoms with van der Waals surface area (Å²) in [5.74, 6) is -1.08. The molecule has 0 aromatic carbocycles. The number of carbonyl (C=O) groups is 2. The van der Waals surface area contributed by atoms with Crippen molar-refractivity contribution in [1.82, 2.24) is 9.88 Å². The van der Waals surface area contributed by atoms with Crippen molar-refractivity contribution in [2.45, 2.75) is 98.8 Å². The van der Waals surface area contributed by atoms with Crippen LogP contribution in [-0.2, 0) is 9.59 Å². The second-order valence-electron chi connectivity index (χ2n) is 10.9. The van der Waals surface area contributed by atoms with E-state index in [1.54, 1.807) is 44.1 Å². The molecule has 1 unspecified atom stereocenters. The number of aliphatic hydroxyl groups excluding tert-OH is 2. The normalized spacial score (nSPS) is 30.3. The summed E-state index contributed by atoms with van der Waals surface area (Å²) in [7, 11) is 1.76. The molecule has 2 rings (SSSR count). The largest absolute Gasteiger partial charge is 0.392 e. The fourth-order valence-corrected chi connectivity index (χ4v) is 5.42. The van der Waals surface area contributed by atoms with E-state index in [0.29, 0.717) is 6.42 Å². The van der Waals surface area contributed by atoms with E-state index < -0.39 is 23.5 Å². The number of aryl methyl sites for hydroxylation is 1. The predicted molar refractivity (Wildman–Crippen MR) is 143 cm³/mol. The summed E-state index contributed by atoms with van der Waals surface area (Å²) in [5, 5.41) is 24.8. The Labute approximate surface area is 215 Å². The summed E-state index contributed by atoms with van der Waals surface area (Å²) in [4.78, 5) is 32.8. The van der Waals surface area contributed by atoms with E-state index in [0.717, 1.165) is 35.5 Å². The highest BCUT2D eigenvalue weighted by molar-refractivity contribution is 7.09. The molecule has 196 valence electrons. The lowest BCUT2D eigenvalue weighted by molar-refractivity contribution is -0.145. The van der Waals surface area contributed by atoms with Crippen LogP contribution < -0.4 is 0 Å². The maximum Gasteiger partial charge on any atom is 0.225 e. The molecule has 5 atom stereocenters. The molecule has 0 fully saturated rings. The Bertz CT molecular complexity index is 949. The first-order chi connectivity index (χ1) is 16.2. The lowest BCUT2D eigenvalue weighted by atomic mass is 9.73. The maximum absolute atomic E-state index is 13.3. The van der Waals surface area contributed by atoms with Gasteiger partial charge in [-0.3, -0.25) is 9.59 Å². The molecule has 0 saturated heterocycles. The van der Waals surface area contributed by atoms with Crippen LogP contribution in [0.25, 0.3) is 6.08 Å². The van der Waals surface area contributed by atoms with Crippen molar-refractivity contribution in [1.29, 1.82) is 0 Å². The van der Waals surface area contributed by atoms with Gasteiger partial charge in [-0.05, 0) is 64.0 Å². The minimum atomic E-state index is -1.15. The van der Waals surface area contributed by atoms with Crippen molar-refractivity contribution in [3.8, 4) is 0 Å². The highest BCUT2D eigenvalue weighted by Gasteiger charge is 2.42. The molecule has 1 aliphatic heterocycles. The number of hydrogen-bond donors (Lipinski definition) is 2. The van der Waals surface area contributed by atoms with Gasteiger partial charge in [0, 0.05) is 18.3 Å². The van der Waals surface area contributed by atoms with Gasteiger partial charge in [0.2, 0.25) is 5.91 Å². The SMILES string of the molecule is CC1=CCC(C(C)=Cc2csc(C)n2)N(C)C(=O)C[C@H](O)C(C)(C)C(=O)[C@@H](C)[C@H](O)[C@H](C)CCC1. The maximum atomic E-state index is 13.3.